The molecule has 0 amide bonds. The van der Waals surface area contributed by atoms with E-state index in [2.05, 4.69) is 26.1 Å². The minimum Gasteiger partial charge on any atom is -0.380 e. The maximum absolute atomic E-state index is 5.13. The van der Waals surface area contributed by atoms with E-state index in [1.165, 1.54) is 6.42 Å². The quantitative estimate of drug-likeness (QED) is 0.666. The van der Waals surface area contributed by atoms with Crippen molar-refractivity contribution in [1.82, 2.24) is 5.32 Å². The number of ether oxygens (including phenoxy) is 1. The van der Waals surface area contributed by atoms with E-state index in [0.717, 1.165) is 12.6 Å². The number of methoxy groups -OCH3 is 1. The van der Waals surface area contributed by atoms with Crippen LogP contribution < -0.4 is 5.32 Å². The molecule has 1 saturated carbocycles. The van der Waals surface area contributed by atoms with E-state index in [4.69, 9.17) is 4.74 Å². The van der Waals surface area contributed by atoms with Crippen LogP contribution in [0, 0.1) is 5.41 Å². The molecule has 1 aliphatic carbocycles. The van der Waals surface area contributed by atoms with Gasteiger partial charge in [-0.15, -0.1) is 0 Å². The molecule has 0 spiro atoms. The lowest BCUT2D eigenvalue weighted by Crippen LogP contribution is -2.29. The van der Waals surface area contributed by atoms with Gasteiger partial charge in [0.05, 0.1) is 6.10 Å². The monoisotopic (exact) mass is 157 g/mol. The maximum atomic E-state index is 5.13. The van der Waals surface area contributed by atoms with Crippen LogP contribution in [-0.4, -0.2) is 25.8 Å². The molecule has 2 nitrogen and oxygen atoms in total. The number of rotatable bonds is 4. The minimum absolute atomic E-state index is 0.339. The van der Waals surface area contributed by atoms with Crippen LogP contribution in [0.5, 0.6) is 0 Å². The Kier molecular flexibility index (Phi) is 2.55. The Labute approximate surface area is 69.3 Å². The van der Waals surface area contributed by atoms with E-state index in [1.807, 2.05) is 0 Å². The standard InChI is InChI=1S/C9H19NO/c1-7(11-4)6-10-8-5-9(8,2)3/h7-8,10H,5-6H2,1-4H3. The van der Waals surface area contributed by atoms with Gasteiger partial charge in [0.2, 0.25) is 0 Å². The Morgan fingerprint density at radius 3 is 2.55 bits per heavy atom. The number of hydrogen-bond acceptors (Lipinski definition) is 2. The van der Waals surface area contributed by atoms with Crippen LogP contribution in [0.15, 0.2) is 0 Å². The second kappa shape index (κ2) is 3.11. The van der Waals surface area contributed by atoms with Gasteiger partial charge in [0.1, 0.15) is 0 Å². The van der Waals surface area contributed by atoms with Crippen molar-refractivity contribution < 1.29 is 4.74 Å². The summed E-state index contributed by atoms with van der Waals surface area (Å²) in [7, 11) is 1.75. The van der Waals surface area contributed by atoms with Gasteiger partial charge in [-0.3, -0.25) is 0 Å². The molecule has 11 heavy (non-hydrogen) atoms. The highest BCUT2D eigenvalue weighted by molar-refractivity contribution is 5.01. The molecule has 2 atom stereocenters. The Morgan fingerprint density at radius 2 is 2.18 bits per heavy atom. The molecule has 1 fully saturated rings. The second-order valence-corrected chi connectivity index (χ2v) is 4.20. The molecule has 0 aromatic carbocycles. The Bertz CT molecular complexity index is 134. The van der Waals surface area contributed by atoms with Gasteiger partial charge in [-0.25, -0.2) is 0 Å². The topological polar surface area (TPSA) is 21.3 Å². The van der Waals surface area contributed by atoms with E-state index < -0.39 is 0 Å². The Morgan fingerprint density at radius 1 is 1.64 bits per heavy atom. The highest BCUT2D eigenvalue weighted by Crippen LogP contribution is 2.44. The fourth-order valence-corrected chi connectivity index (χ4v) is 1.21. The molecule has 0 aromatic heterocycles. The molecule has 0 bridgehead atoms. The molecule has 0 heterocycles. The van der Waals surface area contributed by atoms with Crippen molar-refractivity contribution in [2.45, 2.75) is 39.3 Å². The number of hydrogen-bond donors (Lipinski definition) is 1. The predicted molar refractivity (Wildman–Crippen MR) is 46.7 cm³/mol. The largest absolute Gasteiger partial charge is 0.380 e. The van der Waals surface area contributed by atoms with E-state index in [1.54, 1.807) is 7.11 Å². The normalized spacial score (nSPS) is 30.0. The van der Waals surface area contributed by atoms with Crippen LogP contribution in [0.25, 0.3) is 0 Å². The maximum Gasteiger partial charge on any atom is 0.0667 e. The third-order valence-corrected chi connectivity index (χ3v) is 2.57. The molecule has 0 radical (unpaired) electrons. The summed E-state index contributed by atoms with van der Waals surface area (Å²) in [5.41, 5.74) is 0.535. The Balaban J connectivity index is 2.06. The van der Waals surface area contributed by atoms with Crippen molar-refractivity contribution in [3.8, 4) is 0 Å². The van der Waals surface area contributed by atoms with Crippen molar-refractivity contribution in [2.75, 3.05) is 13.7 Å². The predicted octanol–water partition coefficient (Wildman–Crippen LogP) is 1.41. The molecule has 2 unspecified atom stereocenters. The summed E-state index contributed by atoms with van der Waals surface area (Å²) < 4.78 is 5.13. The van der Waals surface area contributed by atoms with Crippen molar-refractivity contribution in [2.24, 2.45) is 5.41 Å². The average Bonchev–Trinajstić information content (AvgIpc) is 2.54. The van der Waals surface area contributed by atoms with Crippen molar-refractivity contribution in [3.05, 3.63) is 0 Å². The number of nitrogens with one attached hydrogen (secondary N) is 1. The molecular formula is C9H19NO. The molecule has 0 saturated heterocycles. The van der Waals surface area contributed by atoms with Gasteiger partial charge in [0.15, 0.2) is 0 Å². The lowest BCUT2D eigenvalue weighted by Gasteiger charge is -2.11. The van der Waals surface area contributed by atoms with Crippen LogP contribution in [0.3, 0.4) is 0 Å². The fraction of sp³-hybridized carbons (Fsp3) is 1.00. The zero-order chi connectivity index (χ0) is 8.48. The smallest absolute Gasteiger partial charge is 0.0667 e. The van der Waals surface area contributed by atoms with Crippen LogP contribution in [-0.2, 0) is 4.74 Å². The first-order valence-electron chi connectivity index (χ1n) is 4.32. The summed E-state index contributed by atoms with van der Waals surface area (Å²) in [5.74, 6) is 0. The van der Waals surface area contributed by atoms with Crippen molar-refractivity contribution in [1.29, 1.82) is 0 Å². The van der Waals surface area contributed by atoms with E-state index >= 15 is 0 Å². The van der Waals surface area contributed by atoms with Crippen molar-refractivity contribution >= 4 is 0 Å². The fourth-order valence-electron chi connectivity index (χ4n) is 1.21. The molecule has 2 heteroatoms. The third kappa shape index (κ3) is 2.46. The molecule has 0 aliphatic heterocycles. The zero-order valence-corrected chi connectivity index (χ0v) is 7.98. The van der Waals surface area contributed by atoms with Gasteiger partial charge in [0, 0.05) is 19.7 Å². The molecule has 0 aromatic rings. The van der Waals surface area contributed by atoms with Gasteiger partial charge in [-0.1, -0.05) is 13.8 Å². The molecule has 66 valence electrons. The van der Waals surface area contributed by atoms with E-state index in [0.29, 0.717) is 11.5 Å². The van der Waals surface area contributed by atoms with Gasteiger partial charge in [-0.2, -0.15) is 0 Å². The molecule has 1 aliphatic rings. The minimum atomic E-state index is 0.339. The van der Waals surface area contributed by atoms with Gasteiger partial charge < -0.3 is 10.1 Å². The first-order chi connectivity index (χ1) is 5.06. The van der Waals surface area contributed by atoms with Crippen molar-refractivity contribution in [3.63, 3.8) is 0 Å². The van der Waals surface area contributed by atoms with Crippen LogP contribution in [0.1, 0.15) is 27.2 Å². The van der Waals surface area contributed by atoms with Gasteiger partial charge in [0.25, 0.3) is 0 Å². The average molecular weight is 157 g/mol. The van der Waals surface area contributed by atoms with E-state index in [-0.39, 0.29) is 0 Å². The summed E-state index contributed by atoms with van der Waals surface area (Å²) >= 11 is 0. The third-order valence-electron chi connectivity index (χ3n) is 2.57. The lowest BCUT2D eigenvalue weighted by atomic mass is 10.2. The van der Waals surface area contributed by atoms with E-state index in [9.17, 15) is 0 Å². The molecule has 1 rings (SSSR count). The Hall–Kier alpha value is -0.0800. The van der Waals surface area contributed by atoms with Crippen LogP contribution >= 0.6 is 0 Å². The summed E-state index contributed by atoms with van der Waals surface area (Å²) in [6.07, 6.45) is 1.65. The first-order valence-corrected chi connectivity index (χ1v) is 4.32. The summed E-state index contributed by atoms with van der Waals surface area (Å²) in [6, 6.07) is 0.722. The zero-order valence-electron chi connectivity index (χ0n) is 7.98. The second-order valence-electron chi connectivity index (χ2n) is 4.20. The van der Waals surface area contributed by atoms with Gasteiger partial charge in [-0.05, 0) is 18.8 Å². The van der Waals surface area contributed by atoms with Crippen LogP contribution in [0.4, 0.5) is 0 Å². The SMILES string of the molecule is COC(C)CNC1CC1(C)C. The summed E-state index contributed by atoms with van der Waals surface area (Å²) in [6.45, 7) is 7.65. The molecular weight excluding hydrogens is 138 g/mol. The summed E-state index contributed by atoms with van der Waals surface area (Å²) in [4.78, 5) is 0. The highest BCUT2D eigenvalue weighted by Gasteiger charge is 2.45. The van der Waals surface area contributed by atoms with Crippen LogP contribution in [0.2, 0.25) is 0 Å². The highest BCUT2D eigenvalue weighted by atomic mass is 16.5. The van der Waals surface area contributed by atoms with Gasteiger partial charge >= 0.3 is 0 Å². The first kappa shape index (κ1) is 9.01. The lowest BCUT2D eigenvalue weighted by molar-refractivity contribution is 0.116. The molecule has 1 N–H and O–H groups in total. The summed E-state index contributed by atoms with van der Waals surface area (Å²) in [5, 5.41) is 3.47.